The molecule has 0 spiro atoms. The van der Waals surface area contributed by atoms with E-state index < -0.39 is 0 Å². The second-order valence-corrected chi connectivity index (χ2v) is 12.2. The van der Waals surface area contributed by atoms with E-state index in [1.54, 1.807) is 0 Å². The van der Waals surface area contributed by atoms with Crippen LogP contribution < -0.4 is 4.90 Å². The summed E-state index contributed by atoms with van der Waals surface area (Å²) in [6.45, 7) is 0. The number of benzene rings is 8. The van der Waals surface area contributed by atoms with Crippen molar-refractivity contribution in [3.05, 3.63) is 194 Å². The fraction of sp³-hybridized carbons (Fsp3) is 0. The molecule has 0 bridgehead atoms. The Balaban J connectivity index is 1.15. The Morgan fingerprint density at radius 3 is 1.62 bits per heavy atom. The smallest absolute Gasteiger partial charge is 0.0547 e. The average Bonchev–Trinajstić information content (AvgIpc) is 3.51. The minimum atomic E-state index is 1.11. The van der Waals surface area contributed by atoms with Crippen LogP contribution in [0.4, 0.5) is 17.1 Å². The van der Waals surface area contributed by atoms with E-state index >= 15 is 0 Å². The Labute approximate surface area is 280 Å². The van der Waals surface area contributed by atoms with Crippen LogP contribution in [0.15, 0.2) is 194 Å². The predicted octanol–water partition coefficient (Wildman–Crippen LogP) is 12.7. The molecule has 48 heavy (non-hydrogen) atoms. The van der Waals surface area contributed by atoms with Gasteiger partial charge in [0.2, 0.25) is 0 Å². The summed E-state index contributed by atoms with van der Waals surface area (Å²) in [6, 6.07) is 69.7. The quantitative estimate of drug-likeness (QED) is 0.181. The van der Waals surface area contributed by atoms with Gasteiger partial charge in [-0.1, -0.05) is 140 Å². The molecule has 9 aromatic rings. The van der Waals surface area contributed by atoms with E-state index in [-0.39, 0.29) is 0 Å². The maximum absolute atomic E-state index is 2.44. The maximum atomic E-state index is 2.44. The molecule has 0 saturated heterocycles. The van der Waals surface area contributed by atoms with Gasteiger partial charge in [-0.2, -0.15) is 0 Å². The molecule has 0 atom stereocenters. The first-order chi connectivity index (χ1) is 23.8. The molecule has 0 amide bonds. The molecule has 0 N–H and O–H groups in total. The van der Waals surface area contributed by atoms with Gasteiger partial charge in [-0.15, -0.1) is 0 Å². The largest absolute Gasteiger partial charge is 0.311 e. The van der Waals surface area contributed by atoms with Crippen molar-refractivity contribution in [2.75, 3.05) is 4.90 Å². The van der Waals surface area contributed by atoms with E-state index in [0.29, 0.717) is 0 Å². The van der Waals surface area contributed by atoms with Gasteiger partial charge in [0, 0.05) is 33.4 Å². The summed E-state index contributed by atoms with van der Waals surface area (Å²) in [5.41, 5.74) is 11.7. The van der Waals surface area contributed by atoms with Crippen LogP contribution in [0.5, 0.6) is 0 Å². The molecular formula is C46H32N2. The molecular weight excluding hydrogens is 581 g/mol. The number of rotatable bonds is 6. The van der Waals surface area contributed by atoms with Gasteiger partial charge in [0.1, 0.15) is 0 Å². The molecule has 0 aliphatic rings. The lowest BCUT2D eigenvalue weighted by Gasteiger charge is -2.26. The normalized spacial score (nSPS) is 11.3. The Bertz CT molecular complexity index is 2530. The summed E-state index contributed by atoms with van der Waals surface area (Å²) in [5.74, 6) is 0. The highest BCUT2D eigenvalue weighted by molar-refractivity contribution is 6.21. The van der Waals surface area contributed by atoms with E-state index in [0.717, 1.165) is 17.1 Å². The molecule has 0 radical (unpaired) electrons. The third-order valence-electron chi connectivity index (χ3n) is 9.39. The van der Waals surface area contributed by atoms with E-state index in [4.69, 9.17) is 0 Å². The highest BCUT2D eigenvalue weighted by Crippen LogP contribution is 2.41. The highest BCUT2D eigenvalue weighted by Gasteiger charge is 2.18. The van der Waals surface area contributed by atoms with Gasteiger partial charge in [-0.05, 0) is 82.1 Å². The average molecular weight is 613 g/mol. The van der Waals surface area contributed by atoms with Crippen LogP contribution in [0.3, 0.4) is 0 Å². The third kappa shape index (κ3) is 4.74. The number of para-hydroxylation sites is 3. The highest BCUT2D eigenvalue weighted by atomic mass is 15.1. The van der Waals surface area contributed by atoms with Gasteiger partial charge >= 0.3 is 0 Å². The number of hydrogen-bond acceptors (Lipinski definition) is 1. The first kappa shape index (κ1) is 27.9. The lowest BCUT2D eigenvalue weighted by molar-refractivity contribution is 1.18. The van der Waals surface area contributed by atoms with E-state index in [1.807, 2.05) is 0 Å². The third-order valence-corrected chi connectivity index (χ3v) is 9.39. The molecule has 0 saturated carbocycles. The number of aromatic nitrogens is 1. The van der Waals surface area contributed by atoms with Crippen molar-refractivity contribution in [2.24, 2.45) is 0 Å². The number of anilines is 3. The molecule has 2 heteroatoms. The SMILES string of the molecule is c1ccc(-c2ccc(N(c3ccccc3)c3ccc(-c4ccccc4-n4c5ccccc5c5c6ccccc6ccc54)cc3)cc2)cc1. The van der Waals surface area contributed by atoms with Gasteiger partial charge in [-0.3, -0.25) is 0 Å². The van der Waals surface area contributed by atoms with E-state index in [1.165, 1.54) is 60.5 Å². The summed E-state index contributed by atoms with van der Waals surface area (Å²) in [5, 5.41) is 5.11. The van der Waals surface area contributed by atoms with Crippen molar-refractivity contribution in [3.8, 4) is 27.9 Å². The Morgan fingerprint density at radius 1 is 0.333 bits per heavy atom. The molecule has 0 unspecified atom stereocenters. The number of fused-ring (bicyclic) bond motifs is 5. The van der Waals surface area contributed by atoms with Crippen LogP contribution in [0.25, 0.3) is 60.5 Å². The fourth-order valence-corrected chi connectivity index (χ4v) is 7.16. The Morgan fingerprint density at radius 2 is 0.875 bits per heavy atom. The zero-order chi connectivity index (χ0) is 31.9. The lowest BCUT2D eigenvalue weighted by Crippen LogP contribution is -2.09. The minimum Gasteiger partial charge on any atom is -0.311 e. The van der Waals surface area contributed by atoms with Gasteiger partial charge in [0.05, 0.1) is 16.7 Å². The molecule has 9 rings (SSSR count). The second kappa shape index (κ2) is 11.8. The van der Waals surface area contributed by atoms with E-state index in [9.17, 15) is 0 Å². The molecule has 2 nitrogen and oxygen atoms in total. The zero-order valence-electron chi connectivity index (χ0n) is 26.4. The van der Waals surface area contributed by atoms with Crippen molar-refractivity contribution in [1.29, 1.82) is 0 Å². The number of hydrogen-bond donors (Lipinski definition) is 0. The van der Waals surface area contributed by atoms with Gasteiger partial charge < -0.3 is 9.47 Å². The molecule has 0 fully saturated rings. The van der Waals surface area contributed by atoms with Crippen molar-refractivity contribution < 1.29 is 0 Å². The van der Waals surface area contributed by atoms with Gasteiger partial charge in [-0.25, -0.2) is 0 Å². The molecule has 1 heterocycles. The summed E-state index contributed by atoms with van der Waals surface area (Å²) in [4.78, 5) is 2.32. The number of nitrogens with zero attached hydrogens (tertiary/aromatic N) is 2. The first-order valence-electron chi connectivity index (χ1n) is 16.4. The summed E-state index contributed by atoms with van der Waals surface area (Å²) < 4.78 is 2.44. The lowest BCUT2D eigenvalue weighted by atomic mass is 10.0. The first-order valence-corrected chi connectivity index (χ1v) is 16.4. The second-order valence-electron chi connectivity index (χ2n) is 12.2. The van der Waals surface area contributed by atoms with Crippen LogP contribution in [0, 0.1) is 0 Å². The Hall–Kier alpha value is -6.38. The molecule has 226 valence electrons. The minimum absolute atomic E-state index is 1.11. The van der Waals surface area contributed by atoms with Gasteiger partial charge in [0.25, 0.3) is 0 Å². The molecule has 0 aliphatic heterocycles. The van der Waals surface area contributed by atoms with E-state index in [2.05, 4.69) is 204 Å². The zero-order valence-corrected chi connectivity index (χ0v) is 26.4. The van der Waals surface area contributed by atoms with Crippen LogP contribution >= 0.6 is 0 Å². The summed E-state index contributed by atoms with van der Waals surface area (Å²) >= 11 is 0. The van der Waals surface area contributed by atoms with Crippen molar-refractivity contribution >= 4 is 49.6 Å². The molecule has 8 aromatic carbocycles. The standard InChI is InChI=1S/C46H32N2/c1-3-13-33(14-4-1)34-23-28-38(29-24-34)47(37-16-5-2-6-17-37)39-30-25-36(26-31-39)40-18-9-11-21-43(40)48-44-22-12-10-20-42(44)46-41-19-8-7-15-35(41)27-32-45(46)48/h1-32H. The van der Waals surface area contributed by atoms with Crippen LogP contribution in [0.1, 0.15) is 0 Å². The van der Waals surface area contributed by atoms with Crippen molar-refractivity contribution in [1.82, 2.24) is 4.57 Å². The van der Waals surface area contributed by atoms with Crippen molar-refractivity contribution in [2.45, 2.75) is 0 Å². The topological polar surface area (TPSA) is 8.17 Å². The fourth-order valence-electron chi connectivity index (χ4n) is 7.16. The summed E-state index contributed by atoms with van der Waals surface area (Å²) in [7, 11) is 0. The molecule has 0 aliphatic carbocycles. The van der Waals surface area contributed by atoms with Gasteiger partial charge in [0.15, 0.2) is 0 Å². The maximum Gasteiger partial charge on any atom is 0.0547 e. The van der Waals surface area contributed by atoms with Crippen LogP contribution in [0.2, 0.25) is 0 Å². The Kier molecular flexibility index (Phi) is 6.84. The monoisotopic (exact) mass is 612 g/mol. The summed E-state index contributed by atoms with van der Waals surface area (Å²) in [6.07, 6.45) is 0. The molecule has 1 aromatic heterocycles. The predicted molar refractivity (Wildman–Crippen MR) is 204 cm³/mol. The van der Waals surface area contributed by atoms with Crippen LogP contribution in [-0.2, 0) is 0 Å². The van der Waals surface area contributed by atoms with Crippen LogP contribution in [-0.4, -0.2) is 4.57 Å². The van der Waals surface area contributed by atoms with Crippen molar-refractivity contribution in [3.63, 3.8) is 0 Å².